The van der Waals surface area contributed by atoms with Crippen molar-refractivity contribution in [2.45, 2.75) is 40.0 Å². The Kier molecular flexibility index (Phi) is 6.63. The second kappa shape index (κ2) is 9.22. The van der Waals surface area contributed by atoms with Gasteiger partial charge in [0.25, 0.3) is 0 Å². The fraction of sp³-hybridized carbons (Fsp3) is 0.773. The number of amides is 2. The maximum atomic E-state index is 13.1. The summed E-state index contributed by atoms with van der Waals surface area (Å²) < 4.78 is 0. The van der Waals surface area contributed by atoms with E-state index in [4.69, 9.17) is 4.98 Å². The predicted octanol–water partition coefficient (Wildman–Crippen LogP) is 1.72. The number of likely N-dealkylation sites (N-methyl/N-ethyl adjacent to an activating group) is 1. The van der Waals surface area contributed by atoms with Gasteiger partial charge in [0.2, 0.25) is 11.8 Å². The molecule has 30 heavy (non-hydrogen) atoms. The molecule has 0 saturated carbocycles. The van der Waals surface area contributed by atoms with Gasteiger partial charge in [-0.3, -0.25) is 9.59 Å². The first-order valence-corrected chi connectivity index (χ1v) is 12.3. The van der Waals surface area contributed by atoms with Crippen LogP contribution in [-0.4, -0.2) is 90.4 Å². The molecule has 0 bridgehead atoms. The predicted molar refractivity (Wildman–Crippen MR) is 120 cm³/mol. The van der Waals surface area contributed by atoms with E-state index in [2.05, 4.69) is 21.6 Å². The van der Waals surface area contributed by atoms with Crippen molar-refractivity contribution >= 4 is 28.3 Å². The molecule has 1 atom stereocenters. The number of hydrogen-bond acceptors (Lipinski definition) is 6. The molecule has 2 fully saturated rings. The average molecular weight is 434 g/mol. The molecule has 3 heterocycles. The normalized spacial score (nSPS) is 23.1. The minimum absolute atomic E-state index is 0.0585. The average Bonchev–Trinajstić information content (AvgIpc) is 3.21. The lowest BCUT2D eigenvalue weighted by atomic mass is 9.90. The number of rotatable bonds is 4. The molecule has 166 valence electrons. The standard InChI is InChI=1S/C22H35N5O2S/c1-4-24-7-9-26(10-8-24)21(29)17-5-6-18-19(15-17)30-22(23-18)27-13-11-25(12-14-27)20(28)16(2)3/h16-17H,4-15H2,1-3H3/t17-/m0/s1. The molecule has 7 nitrogen and oxygen atoms in total. The van der Waals surface area contributed by atoms with Gasteiger partial charge in [-0.25, -0.2) is 4.98 Å². The van der Waals surface area contributed by atoms with Gasteiger partial charge in [0.05, 0.1) is 5.69 Å². The van der Waals surface area contributed by atoms with E-state index in [0.717, 1.165) is 83.3 Å². The van der Waals surface area contributed by atoms with E-state index in [0.29, 0.717) is 5.91 Å². The molecule has 0 unspecified atom stereocenters. The van der Waals surface area contributed by atoms with Gasteiger partial charge in [0.15, 0.2) is 5.13 Å². The number of thiazole rings is 1. The summed E-state index contributed by atoms with van der Waals surface area (Å²) in [6, 6.07) is 0. The van der Waals surface area contributed by atoms with Crippen molar-refractivity contribution in [3.05, 3.63) is 10.6 Å². The summed E-state index contributed by atoms with van der Waals surface area (Å²) in [6.07, 6.45) is 2.66. The van der Waals surface area contributed by atoms with Gasteiger partial charge in [0.1, 0.15) is 0 Å². The number of aromatic nitrogens is 1. The molecule has 1 aromatic rings. The van der Waals surface area contributed by atoms with Crippen molar-refractivity contribution in [3.63, 3.8) is 0 Å². The fourth-order valence-electron chi connectivity index (χ4n) is 4.73. The number of carbonyl (C=O) groups excluding carboxylic acids is 2. The van der Waals surface area contributed by atoms with Crippen LogP contribution >= 0.6 is 11.3 Å². The zero-order valence-electron chi connectivity index (χ0n) is 18.6. The van der Waals surface area contributed by atoms with Gasteiger partial charge in [-0.05, 0) is 25.8 Å². The van der Waals surface area contributed by atoms with Crippen LogP contribution in [0.2, 0.25) is 0 Å². The number of piperazine rings is 2. The summed E-state index contributed by atoms with van der Waals surface area (Å²) in [5, 5.41) is 1.07. The summed E-state index contributed by atoms with van der Waals surface area (Å²) >= 11 is 1.76. The van der Waals surface area contributed by atoms with Crippen LogP contribution in [-0.2, 0) is 22.4 Å². The summed E-state index contributed by atoms with van der Waals surface area (Å²) in [7, 11) is 0. The van der Waals surface area contributed by atoms with E-state index in [9.17, 15) is 9.59 Å². The summed E-state index contributed by atoms with van der Waals surface area (Å²) in [4.78, 5) is 40.3. The Morgan fingerprint density at radius 1 is 1.03 bits per heavy atom. The maximum Gasteiger partial charge on any atom is 0.226 e. The minimum Gasteiger partial charge on any atom is -0.345 e. The summed E-state index contributed by atoms with van der Waals surface area (Å²) in [5.74, 6) is 0.754. The minimum atomic E-state index is 0.0585. The van der Waals surface area contributed by atoms with Crippen molar-refractivity contribution in [3.8, 4) is 0 Å². The number of hydrogen-bond donors (Lipinski definition) is 0. The first-order chi connectivity index (χ1) is 14.5. The monoisotopic (exact) mass is 433 g/mol. The Morgan fingerprint density at radius 3 is 2.33 bits per heavy atom. The third-order valence-electron chi connectivity index (χ3n) is 6.76. The van der Waals surface area contributed by atoms with E-state index >= 15 is 0 Å². The third-order valence-corrected chi connectivity index (χ3v) is 7.95. The molecule has 0 radical (unpaired) electrons. The molecule has 0 spiro atoms. The Morgan fingerprint density at radius 2 is 1.70 bits per heavy atom. The van der Waals surface area contributed by atoms with Crippen LogP contribution in [0.25, 0.3) is 0 Å². The molecule has 4 rings (SSSR count). The van der Waals surface area contributed by atoms with Gasteiger partial charge < -0.3 is 19.6 Å². The van der Waals surface area contributed by atoms with Crippen molar-refractivity contribution in [2.75, 3.05) is 63.8 Å². The number of aryl methyl sites for hydroxylation is 1. The second-order valence-electron chi connectivity index (χ2n) is 9.03. The van der Waals surface area contributed by atoms with Crippen LogP contribution in [0.1, 0.15) is 37.8 Å². The molecule has 8 heteroatoms. The molecule has 2 amide bonds. The fourth-order valence-corrected chi connectivity index (χ4v) is 5.97. The largest absolute Gasteiger partial charge is 0.345 e. The highest BCUT2D eigenvalue weighted by Gasteiger charge is 2.33. The van der Waals surface area contributed by atoms with Crippen LogP contribution in [0.3, 0.4) is 0 Å². The van der Waals surface area contributed by atoms with Gasteiger partial charge in [-0.2, -0.15) is 0 Å². The van der Waals surface area contributed by atoms with E-state index in [1.807, 2.05) is 18.7 Å². The van der Waals surface area contributed by atoms with Crippen LogP contribution in [0.5, 0.6) is 0 Å². The van der Waals surface area contributed by atoms with Gasteiger partial charge in [0, 0.05) is 69.1 Å². The van der Waals surface area contributed by atoms with Gasteiger partial charge in [-0.15, -0.1) is 11.3 Å². The Balaban J connectivity index is 1.34. The molecule has 0 N–H and O–H groups in total. The molecule has 1 aliphatic carbocycles. The first kappa shape index (κ1) is 21.6. The van der Waals surface area contributed by atoms with Crippen LogP contribution < -0.4 is 4.90 Å². The van der Waals surface area contributed by atoms with Crippen molar-refractivity contribution < 1.29 is 9.59 Å². The SMILES string of the molecule is CCN1CCN(C(=O)[C@H]2CCc3nc(N4CCN(C(=O)C(C)C)CC4)sc3C2)CC1. The summed E-state index contributed by atoms with van der Waals surface area (Å²) in [5.41, 5.74) is 1.19. The lowest BCUT2D eigenvalue weighted by Gasteiger charge is -2.36. The Hall–Kier alpha value is -1.67. The molecular weight excluding hydrogens is 398 g/mol. The maximum absolute atomic E-state index is 13.1. The zero-order chi connectivity index (χ0) is 21.3. The number of anilines is 1. The number of fused-ring (bicyclic) bond motifs is 1. The highest BCUT2D eigenvalue weighted by Crippen LogP contribution is 2.35. The molecule has 2 saturated heterocycles. The molecule has 3 aliphatic rings. The highest BCUT2D eigenvalue weighted by molar-refractivity contribution is 7.15. The van der Waals surface area contributed by atoms with Crippen molar-refractivity contribution in [1.29, 1.82) is 0 Å². The smallest absolute Gasteiger partial charge is 0.226 e. The first-order valence-electron chi connectivity index (χ1n) is 11.5. The lowest BCUT2D eigenvalue weighted by molar-refractivity contribution is -0.137. The Bertz CT molecular complexity index is 764. The van der Waals surface area contributed by atoms with E-state index in [1.54, 1.807) is 11.3 Å². The summed E-state index contributed by atoms with van der Waals surface area (Å²) in [6.45, 7) is 14.1. The molecule has 0 aromatic carbocycles. The van der Waals surface area contributed by atoms with Crippen molar-refractivity contribution in [1.82, 2.24) is 19.7 Å². The number of nitrogens with zero attached hydrogens (tertiary/aromatic N) is 5. The van der Waals surface area contributed by atoms with E-state index in [1.165, 1.54) is 10.6 Å². The lowest BCUT2D eigenvalue weighted by Crippen LogP contribution is -2.50. The van der Waals surface area contributed by atoms with Crippen LogP contribution in [0.4, 0.5) is 5.13 Å². The van der Waals surface area contributed by atoms with E-state index < -0.39 is 0 Å². The van der Waals surface area contributed by atoms with Gasteiger partial charge in [-0.1, -0.05) is 20.8 Å². The topological polar surface area (TPSA) is 60.0 Å². The second-order valence-corrected chi connectivity index (χ2v) is 10.1. The number of carbonyl (C=O) groups is 2. The molecular formula is C22H35N5O2S. The van der Waals surface area contributed by atoms with Crippen LogP contribution in [0.15, 0.2) is 0 Å². The van der Waals surface area contributed by atoms with Crippen LogP contribution in [0, 0.1) is 11.8 Å². The quantitative estimate of drug-likeness (QED) is 0.724. The zero-order valence-corrected chi connectivity index (χ0v) is 19.4. The Labute approximate surface area is 184 Å². The van der Waals surface area contributed by atoms with Crippen molar-refractivity contribution in [2.24, 2.45) is 11.8 Å². The molecule has 2 aliphatic heterocycles. The third kappa shape index (κ3) is 4.49. The van der Waals surface area contributed by atoms with E-state index in [-0.39, 0.29) is 17.7 Å². The molecule has 1 aromatic heterocycles. The van der Waals surface area contributed by atoms with Gasteiger partial charge >= 0.3 is 0 Å². The highest BCUT2D eigenvalue weighted by atomic mass is 32.1.